The third-order valence-electron chi connectivity index (χ3n) is 2.84. The molecule has 2 rings (SSSR count). The first-order chi connectivity index (χ1) is 9.71. The van der Waals surface area contributed by atoms with E-state index in [-0.39, 0.29) is 0 Å². The summed E-state index contributed by atoms with van der Waals surface area (Å²) in [5.41, 5.74) is 3.36. The van der Waals surface area contributed by atoms with Crippen LogP contribution in [0.1, 0.15) is 30.8 Å². The first-order valence-electron chi connectivity index (χ1n) is 6.94. The van der Waals surface area contributed by atoms with Crippen molar-refractivity contribution in [3.05, 3.63) is 41.2 Å². The van der Waals surface area contributed by atoms with Crippen LogP contribution in [-0.4, -0.2) is 24.4 Å². The molecule has 0 fully saturated rings. The van der Waals surface area contributed by atoms with Gasteiger partial charge < -0.3 is 9.47 Å². The second kappa shape index (κ2) is 8.25. The smallest absolute Gasteiger partial charge is 0.122 e. The standard InChI is InChI=1S/C14H18N2O2.C2H6/c1-10-6-12(16-15-10)5-4-11-7-13(17-2)9-14(8-11)18-3;1-2/h6-9H,4-5H2,1-3H3,(H,15,16);1-2H3. The zero-order valence-electron chi connectivity index (χ0n) is 13.0. The van der Waals surface area contributed by atoms with E-state index in [2.05, 4.69) is 16.3 Å². The van der Waals surface area contributed by atoms with Gasteiger partial charge in [-0.2, -0.15) is 5.10 Å². The van der Waals surface area contributed by atoms with Crippen LogP contribution in [0.2, 0.25) is 0 Å². The highest BCUT2D eigenvalue weighted by Gasteiger charge is 2.04. The summed E-state index contributed by atoms with van der Waals surface area (Å²) in [6.45, 7) is 6.01. The molecule has 2 aromatic rings. The van der Waals surface area contributed by atoms with E-state index < -0.39 is 0 Å². The number of hydrogen-bond acceptors (Lipinski definition) is 3. The lowest BCUT2D eigenvalue weighted by Gasteiger charge is -2.07. The van der Waals surface area contributed by atoms with Gasteiger partial charge in [-0.05, 0) is 43.5 Å². The molecule has 0 radical (unpaired) electrons. The Balaban J connectivity index is 0.000000956. The van der Waals surface area contributed by atoms with E-state index >= 15 is 0 Å². The fourth-order valence-electron chi connectivity index (χ4n) is 1.89. The van der Waals surface area contributed by atoms with Gasteiger partial charge in [-0.15, -0.1) is 0 Å². The van der Waals surface area contributed by atoms with Crippen LogP contribution in [0.25, 0.3) is 0 Å². The summed E-state index contributed by atoms with van der Waals surface area (Å²) < 4.78 is 10.5. The van der Waals surface area contributed by atoms with Gasteiger partial charge in [0, 0.05) is 11.8 Å². The topological polar surface area (TPSA) is 47.1 Å². The molecule has 0 spiro atoms. The van der Waals surface area contributed by atoms with Gasteiger partial charge in [-0.1, -0.05) is 13.8 Å². The molecule has 0 amide bonds. The van der Waals surface area contributed by atoms with E-state index in [1.165, 1.54) is 5.56 Å². The van der Waals surface area contributed by atoms with Gasteiger partial charge in [0.25, 0.3) is 0 Å². The number of H-pyrrole nitrogens is 1. The molecule has 0 aliphatic carbocycles. The van der Waals surface area contributed by atoms with Gasteiger partial charge in [0.15, 0.2) is 0 Å². The van der Waals surface area contributed by atoms with E-state index in [1.807, 2.05) is 39.0 Å². The van der Waals surface area contributed by atoms with E-state index in [0.29, 0.717) is 0 Å². The van der Waals surface area contributed by atoms with Crippen LogP contribution in [0.15, 0.2) is 24.3 Å². The number of nitrogens with zero attached hydrogens (tertiary/aromatic N) is 1. The minimum atomic E-state index is 0.822. The van der Waals surface area contributed by atoms with Crippen LogP contribution < -0.4 is 9.47 Å². The zero-order chi connectivity index (χ0) is 15.0. The number of methoxy groups -OCH3 is 2. The van der Waals surface area contributed by atoms with Crippen LogP contribution in [0, 0.1) is 6.92 Å². The number of benzene rings is 1. The summed E-state index contributed by atoms with van der Waals surface area (Å²) in [7, 11) is 3.32. The number of rotatable bonds is 5. The predicted octanol–water partition coefficient (Wildman–Crippen LogP) is 3.55. The van der Waals surface area contributed by atoms with E-state index in [0.717, 1.165) is 35.7 Å². The summed E-state index contributed by atoms with van der Waals surface area (Å²) in [5, 5.41) is 7.18. The van der Waals surface area contributed by atoms with Crippen molar-refractivity contribution in [2.75, 3.05) is 14.2 Å². The third kappa shape index (κ3) is 4.61. The number of aryl methyl sites for hydroxylation is 3. The minimum Gasteiger partial charge on any atom is -0.497 e. The summed E-state index contributed by atoms with van der Waals surface area (Å²) in [4.78, 5) is 0. The van der Waals surface area contributed by atoms with E-state index in [1.54, 1.807) is 14.2 Å². The van der Waals surface area contributed by atoms with Gasteiger partial charge in [0.2, 0.25) is 0 Å². The fraction of sp³-hybridized carbons (Fsp3) is 0.438. The van der Waals surface area contributed by atoms with Crippen molar-refractivity contribution in [3.8, 4) is 11.5 Å². The van der Waals surface area contributed by atoms with Crippen molar-refractivity contribution in [2.45, 2.75) is 33.6 Å². The zero-order valence-corrected chi connectivity index (χ0v) is 13.0. The average molecular weight is 276 g/mol. The molecule has 0 aliphatic heterocycles. The van der Waals surface area contributed by atoms with Gasteiger partial charge in [0.1, 0.15) is 11.5 Å². The quantitative estimate of drug-likeness (QED) is 0.908. The fourth-order valence-corrected chi connectivity index (χ4v) is 1.89. The van der Waals surface area contributed by atoms with Crippen molar-refractivity contribution in [1.29, 1.82) is 0 Å². The molecular formula is C16H24N2O2. The molecule has 1 N–H and O–H groups in total. The molecule has 4 heteroatoms. The van der Waals surface area contributed by atoms with Crippen LogP contribution >= 0.6 is 0 Å². The molecule has 0 aliphatic rings. The van der Waals surface area contributed by atoms with E-state index in [9.17, 15) is 0 Å². The number of nitrogens with one attached hydrogen (secondary N) is 1. The maximum absolute atomic E-state index is 5.25. The van der Waals surface area contributed by atoms with Gasteiger partial charge in [-0.3, -0.25) is 5.10 Å². The molecule has 1 heterocycles. The van der Waals surface area contributed by atoms with Crippen LogP contribution in [0.4, 0.5) is 0 Å². The average Bonchev–Trinajstić information content (AvgIpc) is 2.92. The molecule has 20 heavy (non-hydrogen) atoms. The number of aromatic nitrogens is 2. The summed E-state index contributed by atoms with van der Waals surface area (Å²) in [6.07, 6.45) is 1.82. The van der Waals surface area contributed by atoms with Crippen LogP contribution in [0.5, 0.6) is 11.5 Å². The van der Waals surface area contributed by atoms with Crippen LogP contribution in [-0.2, 0) is 12.8 Å². The minimum absolute atomic E-state index is 0.822. The van der Waals surface area contributed by atoms with Crippen molar-refractivity contribution in [3.63, 3.8) is 0 Å². The monoisotopic (exact) mass is 276 g/mol. The lowest BCUT2D eigenvalue weighted by molar-refractivity contribution is 0.393. The SMILES string of the molecule is CC.COc1cc(CCc2cc(C)[nH]n2)cc(OC)c1. The van der Waals surface area contributed by atoms with Crippen molar-refractivity contribution >= 4 is 0 Å². The molecule has 0 atom stereocenters. The Hall–Kier alpha value is -1.97. The lowest BCUT2D eigenvalue weighted by atomic mass is 10.1. The highest BCUT2D eigenvalue weighted by Crippen LogP contribution is 2.23. The molecule has 1 aromatic carbocycles. The summed E-state index contributed by atoms with van der Waals surface area (Å²) in [5.74, 6) is 1.64. The summed E-state index contributed by atoms with van der Waals surface area (Å²) >= 11 is 0. The first-order valence-corrected chi connectivity index (χ1v) is 6.94. The molecule has 1 aromatic heterocycles. The number of aromatic amines is 1. The molecule has 0 saturated heterocycles. The maximum Gasteiger partial charge on any atom is 0.122 e. The predicted molar refractivity (Wildman–Crippen MR) is 81.6 cm³/mol. The highest BCUT2D eigenvalue weighted by molar-refractivity contribution is 5.38. The Labute approximate surface area is 121 Å². The Morgan fingerprint density at radius 1 is 0.950 bits per heavy atom. The maximum atomic E-state index is 5.25. The molecule has 0 unspecified atom stereocenters. The second-order valence-electron chi connectivity index (χ2n) is 4.26. The third-order valence-corrected chi connectivity index (χ3v) is 2.84. The van der Waals surface area contributed by atoms with Crippen molar-refractivity contribution < 1.29 is 9.47 Å². The second-order valence-corrected chi connectivity index (χ2v) is 4.26. The first kappa shape index (κ1) is 16.1. The molecule has 0 saturated carbocycles. The normalized spacial score (nSPS) is 9.65. The van der Waals surface area contributed by atoms with Gasteiger partial charge >= 0.3 is 0 Å². The molecule has 4 nitrogen and oxygen atoms in total. The van der Waals surface area contributed by atoms with E-state index in [4.69, 9.17) is 9.47 Å². The largest absolute Gasteiger partial charge is 0.497 e. The molecule has 0 bridgehead atoms. The van der Waals surface area contributed by atoms with Gasteiger partial charge in [0.05, 0.1) is 19.9 Å². The van der Waals surface area contributed by atoms with Gasteiger partial charge in [-0.25, -0.2) is 0 Å². The Kier molecular flexibility index (Phi) is 6.64. The highest BCUT2D eigenvalue weighted by atomic mass is 16.5. The summed E-state index contributed by atoms with van der Waals surface area (Å²) in [6, 6.07) is 8.00. The van der Waals surface area contributed by atoms with Crippen molar-refractivity contribution in [1.82, 2.24) is 10.2 Å². The number of ether oxygens (including phenoxy) is 2. The molecular weight excluding hydrogens is 252 g/mol. The Bertz CT molecular complexity index is 499. The lowest BCUT2D eigenvalue weighted by Crippen LogP contribution is -1.95. The Morgan fingerprint density at radius 2 is 1.55 bits per heavy atom. The van der Waals surface area contributed by atoms with Crippen LogP contribution in [0.3, 0.4) is 0 Å². The van der Waals surface area contributed by atoms with Crippen molar-refractivity contribution in [2.24, 2.45) is 0 Å². The molecule has 110 valence electrons. The number of hydrogen-bond donors (Lipinski definition) is 1. The Morgan fingerprint density at radius 3 is 2.00 bits per heavy atom.